The molecule has 1 heterocycles. The van der Waals surface area contributed by atoms with Crippen LogP contribution in [0.4, 0.5) is 15.9 Å². The minimum atomic E-state index is -0.412. The summed E-state index contributed by atoms with van der Waals surface area (Å²) < 4.78 is 15.1. The summed E-state index contributed by atoms with van der Waals surface area (Å²) in [6.45, 7) is 0. The van der Waals surface area contributed by atoms with Crippen molar-refractivity contribution in [2.45, 2.75) is 0 Å². The second-order valence-electron chi connectivity index (χ2n) is 3.23. The largest absolute Gasteiger partial charge is 0.337 e. The van der Waals surface area contributed by atoms with Crippen LogP contribution in [0.15, 0.2) is 34.9 Å². The van der Waals surface area contributed by atoms with E-state index >= 15 is 0 Å². The minimum absolute atomic E-state index is 0.188. The first kappa shape index (κ1) is 13.0. The van der Waals surface area contributed by atoms with Crippen molar-refractivity contribution in [2.75, 3.05) is 5.32 Å². The summed E-state index contributed by atoms with van der Waals surface area (Å²) >= 11 is 11.1. The van der Waals surface area contributed by atoms with E-state index in [4.69, 9.17) is 11.6 Å². The molecule has 0 aliphatic rings. The number of rotatable bonds is 2. The van der Waals surface area contributed by atoms with E-state index in [1.807, 2.05) is 0 Å². The van der Waals surface area contributed by atoms with E-state index in [1.165, 1.54) is 12.3 Å². The molecule has 0 saturated heterocycles. The van der Waals surface area contributed by atoms with Gasteiger partial charge < -0.3 is 5.32 Å². The molecule has 0 aliphatic heterocycles. The van der Waals surface area contributed by atoms with Crippen LogP contribution in [0.3, 0.4) is 0 Å². The van der Waals surface area contributed by atoms with Crippen molar-refractivity contribution in [3.8, 4) is 0 Å². The Morgan fingerprint density at radius 2 is 2.12 bits per heavy atom. The molecule has 0 radical (unpaired) electrons. The van der Waals surface area contributed by atoms with Gasteiger partial charge in [0.25, 0.3) is 0 Å². The highest BCUT2D eigenvalue weighted by molar-refractivity contribution is 14.1. The van der Waals surface area contributed by atoms with Crippen LogP contribution in [0.25, 0.3) is 0 Å². The topological polar surface area (TPSA) is 24.9 Å². The van der Waals surface area contributed by atoms with Crippen LogP contribution in [0.2, 0.25) is 5.02 Å². The van der Waals surface area contributed by atoms with Crippen molar-refractivity contribution in [3.05, 3.63) is 49.3 Å². The molecular weight excluding hydrogens is 421 g/mol. The van der Waals surface area contributed by atoms with Crippen LogP contribution in [0.5, 0.6) is 0 Å². The molecule has 6 heteroatoms. The second-order valence-corrected chi connectivity index (χ2v) is 5.75. The van der Waals surface area contributed by atoms with Gasteiger partial charge in [0.2, 0.25) is 0 Å². The number of halogens is 4. The zero-order chi connectivity index (χ0) is 12.4. The SMILES string of the molecule is Fc1cc(Br)cnc1Nc1ccc(Cl)cc1I. The quantitative estimate of drug-likeness (QED) is 0.684. The van der Waals surface area contributed by atoms with Crippen LogP contribution in [0, 0.1) is 9.39 Å². The maximum Gasteiger partial charge on any atom is 0.166 e. The Bertz CT molecular complexity index is 516. The van der Waals surface area contributed by atoms with Crippen molar-refractivity contribution < 1.29 is 4.39 Å². The maximum absolute atomic E-state index is 13.6. The van der Waals surface area contributed by atoms with Gasteiger partial charge in [0, 0.05) is 19.3 Å². The summed E-state index contributed by atoms with van der Waals surface area (Å²) in [6, 6.07) is 6.68. The van der Waals surface area contributed by atoms with Crippen molar-refractivity contribution in [3.63, 3.8) is 0 Å². The molecule has 2 rings (SSSR count). The third kappa shape index (κ3) is 3.29. The van der Waals surface area contributed by atoms with Crippen molar-refractivity contribution in [1.29, 1.82) is 0 Å². The fraction of sp³-hybridized carbons (Fsp3) is 0. The second kappa shape index (κ2) is 5.49. The number of aromatic nitrogens is 1. The molecule has 0 aliphatic carbocycles. The lowest BCUT2D eigenvalue weighted by atomic mass is 10.3. The van der Waals surface area contributed by atoms with E-state index < -0.39 is 5.82 Å². The predicted molar refractivity (Wildman–Crippen MR) is 79.3 cm³/mol. The summed E-state index contributed by atoms with van der Waals surface area (Å²) in [7, 11) is 0. The Morgan fingerprint density at radius 3 is 2.76 bits per heavy atom. The third-order valence-electron chi connectivity index (χ3n) is 1.99. The van der Waals surface area contributed by atoms with E-state index in [9.17, 15) is 4.39 Å². The Labute approximate surface area is 125 Å². The molecule has 1 N–H and O–H groups in total. The molecule has 2 nitrogen and oxygen atoms in total. The van der Waals surface area contributed by atoms with Gasteiger partial charge in [0.1, 0.15) is 0 Å². The fourth-order valence-corrected chi connectivity index (χ4v) is 2.53. The molecule has 0 amide bonds. The van der Waals surface area contributed by atoms with Crippen molar-refractivity contribution in [2.24, 2.45) is 0 Å². The number of benzene rings is 1. The lowest BCUT2D eigenvalue weighted by Gasteiger charge is -2.08. The molecular formula is C11H6BrClFIN2. The molecule has 88 valence electrons. The number of hydrogen-bond acceptors (Lipinski definition) is 2. The van der Waals surface area contributed by atoms with E-state index in [2.05, 4.69) is 48.8 Å². The van der Waals surface area contributed by atoms with Gasteiger partial charge in [0.15, 0.2) is 11.6 Å². The normalized spacial score (nSPS) is 10.4. The first-order chi connectivity index (χ1) is 8.06. The van der Waals surface area contributed by atoms with Gasteiger partial charge in [-0.2, -0.15) is 0 Å². The molecule has 0 fully saturated rings. The average molecular weight is 427 g/mol. The molecule has 1 aromatic heterocycles. The van der Waals surface area contributed by atoms with Gasteiger partial charge in [-0.05, 0) is 62.8 Å². The van der Waals surface area contributed by atoms with Crippen molar-refractivity contribution >= 4 is 61.6 Å². The fourth-order valence-electron chi connectivity index (χ4n) is 1.22. The van der Waals surface area contributed by atoms with Crippen LogP contribution < -0.4 is 5.32 Å². The van der Waals surface area contributed by atoms with Gasteiger partial charge in [-0.3, -0.25) is 0 Å². The highest BCUT2D eigenvalue weighted by Crippen LogP contribution is 2.26. The van der Waals surface area contributed by atoms with Gasteiger partial charge in [0.05, 0.1) is 5.69 Å². The van der Waals surface area contributed by atoms with E-state index in [1.54, 1.807) is 18.2 Å². The van der Waals surface area contributed by atoms with Crippen LogP contribution in [0.1, 0.15) is 0 Å². The first-order valence-electron chi connectivity index (χ1n) is 4.59. The number of pyridine rings is 1. The number of anilines is 2. The molecule has 0 spiro atoms. The summed E-state index contributed by atoms with van der Waals surface area (Å²) in [5, 5.41) is 3.56. The van der Waals surface area contributed by atoms with Gasteiger partial charge in [-0.1, -0.05) is 11.6 Å². The predicted octanol–water partition coefficient (Wildman–Crippen LogP) is 4.98. The lowest BCUT2D eigenvalue weighted by Crippen LogP contribution is -1.98. The zero-order valence-corrected chi connectivity index (χ0v) is 12.8. The minimum Gasteiger partial charge on any atom is -0.337 e. The maximum atomic E-state index is 13.6. The molecule has 1 aromatic carbocycles. The molecule has 0 bridgehead atoms. The average Bonchev–Trinajstić information content (AvgIpc) is 2.25. The number of nitrogens with zero attached hydrogens (tertiary/aromatic N) is 1. The molecule has 17 heavy (non-hydrogen) atoms. The smallest absolute Gasteiger partial charge is 0.166 e. The first-order valence-corrected chi connectivity index (χ1v) is 6.84. The summed E-state index contributed by atoms with van der Waals surface area (Å²) in [5.74, 6) is -0.224. The number of nitrogens with one attached hydrogen (secondary N) is 1. The Hall–Kier alpha value is -0.400. The Balaban J connectivity index is 2.31. The molecule has 0 saturated carbocycles. The van der Waals surface area contributed by atoms with Crippen LogP contribution >= 0.6 is 50.1 Å². The Kier molecular flexibility index (Phi) is 4.22. The lowest BCUT2D eigenvalue weighted by molar-refractivity contribution is 0.625. The van der Waals surface area contributed by atoms with E-state index in [-0.39, 0.29) is 5.82 Å². The highest BCUT2D eigenvalue weighted by Gasteiger charge is 2.07. The molecule has 0 unspecified atom stereocenters. The summed E-state index contributed by atoms with van der Waals surface area (Å²) in [5.41, 5.74) is 0.767. The van der Waals surface area contributed by atoms with Crippen molar-refractivity contribution in [1.82, 2.24) is 4.98 Å². The molecule has 0 atom stereocenters. The highest BCUT2D eigenvalue weighted by atomic mass is 127. The van der Waals surface area contributed by atoms with Gasteiger partial charge >= 0.3 is 0 Å². The van der Waals surface area contributed by atoms with Gasteiger partial charge in [-0.25, -0.2) is 9.37 Å². The Morgan fingerprint density at radius 1 is 1.35 bits per heavy atom. The van der Waals surface area contributed by atoms with Gasteiger partial charge in [-0.15, -0.1) is 0 Å². The monoisotopic (exact) mass is 426 g/mol. The van der Waals surface area contributed by atoms with Crippen LogP contribution in [-0.4, -0.2) is 4.98 Å². The summed E-state index contributed by atoms with van der Waals surface area (Å²) in [6.07, 6.45) is 1.54. The molecule has 2 aromatic rings. The zero-order valence-electron chi connectivity index (χ0n) is 8.35. The van der Waals surface area contributed by atoms with Crippen LogP contribution in [-0.2, 0) is 0 Å². The summed E-state index contributed by atoms with van der Waals surface area (Å²) in [4.78, 5) is 3.97. The van der Waals surface area contributed by atoms with E-state index in [0.29, 0.717) is 9.50 Å². The standard InChI is InChI=1S/C11H6BrClFIN2/c12-6-3-8(14)11(16-5-6)17-10-2-1-7(13)4-9(10)15/h1-5H,(H,16,17). The van der Waals surface area contributed by atoms with E-state index in [0.717, 1.165) is 9.26 Å². The third-order valence-corrected chi connectivity index (χ3v) is 3.55. The number of hydrogen-bond donors (Lipinski definition) is 1.